The van der Waals surface area contributed by atoms with E-state index in [1.54, 1.807) is 0 Å². The van der Waals surface area contributed by atoms with Crippen LogP contribution in [0, 0.1) is 5.82 Å². The van der Waals surface area contributed by atoms with Gasteiger partial charge in [0.15, 0.2) is 11.5 Å². The highest BCUT2D eigenvalue weighted by Crippen LogP contribution is 2.30. The Labute approximate surface area is 123 Å². The van der Waals surface area contributed by atoms with Gasteiger partial charge in [-0.2, -0.15) is 0 Å². The van der Waals surface area contributed by atoms with Gasteiger partial charge in [-0.25, -0.2) is 29.3 Å². The van der Waals surface area contributed by atoms with E-state index in [-0.39, 0.29) is 5.03 Å². The number of rotatable bonds is 5. The van der Waals surface area contributed by atoms with Gasteiger partial charge in [-0.1, -0.05) is 6.92 Å². The van der Waals surface area contributed by atoms with Gasteiger partial charge in [0.2, 0.25) is 5.95 Å². The fourth-order valence-corrected chi connectivity index (χ4v) is 2.47. The van der Waals surface area contributed by atoms with Crippen molar-refractivity contribution in [2.75, 3.05) is 11.9 Å². The number of imidazole rings is 1. The highest BCUT2D eigenvalue weighted by molar-refractivity contribution is 7.99. The molecule has 0 spiro atoms. The maximum absolute atomic E-state index is 13.9. The molecule has 0 atom stereocenters. The SMILES string of the molecule is CCCNc1ncc(F)c(Sc2ncnc3nc[nH]c23)n1. The molecule has 2 N–H and O–H groups in total. The molecule has 3 aromatic heterocycles. The first kappa shape index (κ1) is 13.7. The van der Waals surface area contributed by atoms with Gasteiger partial charge in [0.1, 0.15) is 21.9 Å². The minimum Gasteiger partial charge on any atom is -0.354 e. The molecule has 108 valence electrons. The normalized spacial score (nSPS) is 11.0. The van der Waals surface area contributed by atoms with Crippen molar-refractivity contribution in [1.82, 2.24) is 29.9 Å². The Morgan fingerprint density at radius 2 is 2.14 bits per heavy atom. The third-order valence-electron chi connectivity index (χ3n) is 2.63. The second-order valence-corrected chi connectivity index (χ2v) is 5.13. The summed E-state index contributed by atoms with van der Waals surface area (Å²) in [7, 11) is 0. The zero-order valence-electron chi connectivity index (χ0n) is 11.2. The molecule has 0 bridgehead atoms. The average Bonchev–Trinajstić information content (AvgIpc) is 2.97. The molecule has 21 heavy (non-hydrogen) atoms. The van der Waals surface area contributed by atoms with Crippen molar-refractivity contribution in [1.29, 1.82) is 0 Å². The molecular weight excluding hydrogens is 293 g/mol. The summed E-state index contributed by atoms with van der Waals surface area (Å²) in [6.07, 6.45) is 5.00. The van der Waals surface area contributed by atoms with E-state index in [4.69, 9.17) is 0 Å². The van der Waals surface area contributed by atoms with Crippen molar-refractivity contribution in [3.8, 4) is 0 Å². The minimum atomic E-state index is -0.492. The van der Waals surface area contributed by atoms with Crippen LogP contribution in [0.3, 0.4) is 0 Å². The van der Waals surface area contributed by atoms with Gasteiger partial charge in [0.05, 0.1) is 12.5 Å². The minimum absolute atomic E-state index is 0.207. The summed E-state index contributed by atoms with van der Waals surface area (Å²) < 4.78 is 13.9. The van der Waals surface area contributed by atoms with Crippen molar-refractivity contribution in [3.63, 3.8) is 0 Å². The lowest BCUT2D eigenvalue weighted by Crippen LogP contribution is -2.05. The smallest absolute Gasteiger partial charge is 0.223 e. The summed E-state index contributed by atoms with van der Waals surface area (Å²) in [5, 5.41) is 3.80. The molecule has 0 unspecified atom stereocenters. The van der Waals surface area contributed by atoms with Gasteiger partial charge < -0.3 is 10.3 Å². The van der Waals surface area contributed by atoms with E-state index in [1.165, 1.54) is 12.7 Å². The van der Waals surface area contributed by atoms with E-state index in [2.05, 4.69) is 35.2 Å². The van der Waals surface area contributed by atoms with Gasteiger partial charge in [-0.05, 0) is 18.2 Å². The molecule has 0 aliphatic carbocycles. The van der Waals surface area contributed by atoms with Crippen LogP contribution in [0.1, 0.15) is 13.3 Å². The topological polar surface area (TPSA) is 92.3 Å². The highest BCUT2D eigenvalue weighted by Gasteiger charge is 2.13. The number of hydrogen-bond donors (Lipinski definition) is 2. The Kier molecular flexibility index (Phi) is 3.91. The van der Waals surface area contributed by atoms with Crippen molar-refractivity contribution in [2.45, 2.75) is 23.4 Å². The number of anilines is 1. The molecule has 9 heteroatoms. The Balaban J connectivity index is 1.91. The van der Waals surface area contributed by atoms with E-state index in [0.717, 1.165) is 30.9 Å². The van der Waals surface area contributed by atoms with Crippen molar-refractivity contribution in [3.05, 3.63) is 24.7 Å². The summed E-state index contributed by atoms with van der Waals surface area (Å²) in [4.78, 5) is 23.2. The molecule has 0 saturated heterocycles. The Bertz CT molecular complexity index is 760. The van der Waals surface area contributed by atoms with Gasteiger partial charge in [-0.15, -0.1) is 0 Å². The fourth-order valence-electron chi connectivity index (χ4n) is 1.66. The standard InChI is InChI=1S/C12H12FN7S/c1-2-3-14-12-15-4-7(13)10(20-12)21-11-8-9(17-5-16-8)18-6-19-11/h4-6H,2-3H2,1H3,(H,14,15,20)(H,16,17,18,19). The molecule has 0 amide bonds. The van der Waals surface area contributed by atoms with Crippen LogP contribution in [-0.2, 0) is 0 Å². The first-order chi connectivity index (χ1) is 10.3. The first-order valence-corrected chi connectivity index (χ1v) is 7.18. The molecule has 3 rings (SSSR count). The number of aromatic amines is 1. The van der Waals surface area contributed by atoms with Gasteiger partial charge >= 0.3 is 0 Å². The number of nitrogens with one attached hydrogen (secondary N) is 2. The molecule has 7 nitrogen and oxygen atoms in total. The molecule has 0 aliphatic heterocycles. The summed E-state index contributed by atoms with van der Waals surface area (Å²) in [6, 6.07) is 0. The van der Waals surface area contributed by atoms with Crippen LogP contribution in [0.5, 0.6) is 0 Å². The van der Waals surface area contributed by atoms with E-state index in [1.807, 2.05) is 6.92 Å². The number of nitrogens with zero attached hydrogens (tertiary/aromatic N) is 5. The van der Waals surface area contributed by atoms with E-state index in [0.29, 0.717) is 22.1 Å². The molecule has 3 aromatic rings. The predicted molar refractivity (Wildman–Crippen MR) is 76.6 cm³/mol. The lowest BCUT2D eigenvalue weighted by molar-refractivity contribution is 0.579. The van der Waals surface area contributed by atoms with Crippen LogP contribution < -0.4 is 5.32 Å². The quantitative estimate of drug-likeness (QED) is 0.698. The number of halogens is 1. The Morgan fingerprint density at radius 1 is 1.24 bits per heavy atom. The van der Waals surface area contributed by atoms with Gasteiger partial charge in [-0.3, -0.25) is 0 Å². The molecule has 0 radical (unpaired) electrons. The summed E-state index contributed by atoms with van der Waals surface area (Å²) in [6.45, 7) is 2.76. The van der Waals surface area contributed by atoms with E-state index < -0.39 is 5.82 Å². The molecule has 0 aromatic carbocycles. The zero-order chi connectivity index (χ0) is 14.7. The maximum Gasteiger partial charge on any atom is 0.223 e. The van der Waals surface area contributed by atoms with Crippen LogP contribution >= 0.6 is 11.8 Å². The van der Waals surface area contributed by atoms with Crippen LogP contribution in [0.2, 0.25) is 0 Å². The maximum atomic E-state index is 13.9. The molecule has 0 fully saturated rings. The molecule has 0 saturated carbocycles. The van der Waals surface area contributed by atoms with Gasteiger partial charge in [0.25, 0.3) is 0 Å². The van der Waals surface area contributed by atoms with Crippen molar-refractivity contribution >= 4 is 28.9 Å². The van der Waals surface area contributed by atoms with Crippen LogP contribution in [-0.4, -0.2) is 36.4 Å². The van der Waals surface area contributed by atoms with Crippen LogP contribution in [0.25, 0.3) is 11.2 Å². The molecule has 0 aliphatic rings. The molecular formula is C12H12FN7S. The third-order valence-corrected chi connectivity index (χ3v) is 3.61. The third kappa shape index (κ3) is 2.92. The monoisotopic (exact) mass is 305 g/mol. The predicted octanol–water partition coefficient (Wildman–Crippen LogP) is 2.26. The first-order valence-electron chi connectivity index (χ1n) is 6.36. The second-order valence-electron chi connectivity index (χ2n) is 4.16. The number of H-pyrrole nitrogens is 1. The summed E-state index contributed by atoms with van der Waals surface area (Å²) in [5.74, 6) is -0.0935. The van der Waals surface area contributed by atoms with Crippen LogP contribution in [0.4, 0.5) is 10.3 Å². The second kappa shape index (κ2) is 6.00. The zero-order valence-corrected chi connectivity index (χ0v) is 12.0. The highest BCUT2D eigenvalue weighted by atomic mass is 32.2. The van der Waals surface area contributed by atoms with E-state index in [9.17, 15) is 4.39 Å². The van der Waals surface area contributed by atoms with Crippen molar-refractivity contribution in [2.24, 2.45) is 0 Å². The number of aromatic nitrogens is 6. The average molecular weight is 305 g/mol. The van der Waals surface area contributed by atoms with E-state index >= 15 is 0 Å². The Hall–Kier alpha value is -2.29. The largest absolute Gasteiger partial charge is 0.354 e. The molecule has 3 heterocycles. The van der Waals surface area contributed by atoms with Crippen molar-refractivity contribution < 1.29 is 4.39 Å². The lowest BCUT2D eigenvalue weighted by Gasteiger charge is -2.06. The van der Waals surface area contributed by atoms with Crippen LogP contribution in [0.15, 0.2) is 28.9 Å². The number of hydrogen-bond acceptors (Lipinski definition) is 7. The summed E-state index contributed by atoms with van der Waals surface area (Å²) >= 11 is 1.11. The number of fused-ring (bicyclic) bond motifs is 1. The van der Waals surface area contributed by atoms with Gasteiger partial charge in [0, 0.05) is 6.54 Å². The fraction of sp³-hybridized carbons (Fsp3) is 0.250. The Morgan fingerprint density at radius 3 is 3.00 bits per heavy atom. The lowest BCUT2D eigenvalue weighted by atomic mass is 10.5. The summed E-state index contributed by atoms with van der Waals surface area (Å²) in [5.41, 5.74) is 1.19.